The summed E-state index contributed by atoms with van der Waals surface area (Å²) in [5.74, 6) is 0. The van der Waals surface area contributed by atoms with E-state index >= 15 is 0 Å². The number of piperazine rings is 1. The van der Waals surface area contributed by atoms with Crippen molar-refractivity contribution in [2.45, 2.75) is 25.1 Å². The lowest BCUT2D eigenvalue weighted by Crippen LogP contribution is -2.45. The standard InChI is InChI=1S/C14H16ClF5N2/c15-11-2-1-9(14(18,19)20)7-10(11)12(8-13(16)17)22-5-3-21-4-6-22/h1-2,7,12-13,21H,3-6,8H2/t12-/m1/s1. The van der Waals surface area contributed by atoms with Crippen molar-refractivity contribution in [1.29, 1.82) is 0 Å². The van der Waals surface area contributed by atoms with Crippen molar-refractivity contribution in [3.63, 3.8) is 0 Å². The van der Waals surface area contributed by atoms with Gasteiger partial charge in [0.05, 0.1) is 5.56 Å². The number of halogens is 6. The molecule has 1 aliphatic rings. The van der Waals surface area contributed by atoms with Crippen molar-refractivity contribution in [3.05, 3.63) is 34.3 Å². The number of benzene rings is 1. The van der Waals surface area contributed by atoms with Gasteiger partial charge in [-0.3, -0.25) is 4.90 Å². The Labute approximate surface area is 130 Å². The molecule has 1 atom stereocenters. The van der Waals surface area contributed by atoms with Crippen LogP contribution in [-0.4, -0.2) is 37.5 Å². The Balaban J connectivity index is 2.37. The molecular formula is C14H16ClF5N2. The van der Waals surface area contributed by atoms with Crippen molar-refractivity contribution in [2.75, 3.05) is 26.2 Å². The molecule has 124 valence electrons. The summed E-state index contributed by atoms with van der Waals surface area (Å²) in [7, 11) is 0. The highest BCUT2D eigenvalue weighted by Crippen LogP contribution is 2.37. The molecule has 0 radical (unpaired) electrons. The predicted octanol–water partition coefficient (Wildman–Crippen LogP) is 3.96. The monoisotopic (exact) mass is 342 g/mol. The van der Waals surface area contributed by atoms with Gasteiger partial charge < -0.3 is 5.32 Å². The first-order valence-corrected chi connectivity index (χ1v) is 7.26. The second-order valence-electron chi connectivity index (χ2n) is 5.16. The molecule has 0 aliphatic carbocycles. The zero-order chi connectivity index (χ0) is 16.3. The van der Waals surface area contributed by atoms with Crippen LogP contribution >= 0.6 is 11.6 Å². The van der Waals surface area contributed by atoms with E-state index in [9.17, 15) is 22.0 Å². The van der Waals surface area contributed by atoms with Crippen LogP contribution in [0.4, 0.5) is 22.0 Å². The minimum absolute atomic E-state index is 0.0807. The number of nitrogens with zero attached hydrogens (tertiary/aromatic N) is 1. The van der Waals surface area contributed by atoms with E-state index in [1.807, 2.05) is 0 Å². The van der Waals surface area contributed by atoms with Crippen molar-refractivity contribution >= 4 is 11.6 Å². The van der Waals surface area contributed by atoms with E-state index in [0.29, 0.717) is 26.2 Å². The third kappa shape index (κ3) is 4.30. The van der Waals surface area contributed by atoms with Crippen molar-refractivity contribution in [1.82, 2.24) is 10.2 Å². The van der Waals surface area contributed by atoms with Crippen LogP contribution in [0.15, 0.2) is 18.2 Å². The molecule has 1 fully saturated rings. The normalized spacial score (nSPS) is 18.7. The maximum absolute atomic E-state index is 12.9. The molecule has 1 N–H and O–H groups in total. The van der Waals surface area contributed by atoms with E-state index in [4.69, 9.17) is 11.6 Å². The van der Waals surface area contributed by atoms with Crippen LogP contribution in [0, 0.1) is 0 Å². The minimum atomic E-state index is -4.53. The maximum atomic E-state index is 12.9. The molecule has 0 unspecified atom stereocenters. The SMILES string of the molecule is FC(F)C[C@H](c1cc(C(F)(F)F)ccc1Cl)N1CCNCC1. The number of rotatable bonds is 4. The highest BCUT2D eigenvalue weighted by molar-refractivity contribution is 6.31. The van der Waals surface area contributed by atoms with Gasteiger partial charge in [-0.1, -0.05) is 11.6 Å². The van der Waals surface area contributed by atoms with Crippen LogP contribution < -0.4 is 5.32 Å². The lowest BCUT2D eigenvalue weighted by Gasteiger charge is -2.35. The third-order valence-corrected chi connectivity index (χ3v) is 4.02. The van der Waals surface area contributed by atoms with E-state index in [1.54, 1.807) is 4.90 Å². The highest BCUT2D eigenvalue weighted by Gasteiger charge is 2.33. The van der Waals surface area contributed by atoms with Gasteiger partial charge in [0.1, 0.15) is 0 Å². The summed E-state index contributed by atoms with van der Waals surface area (Å²) < 4.78 is 64.3. The summed E-state index contributed by atoms with van der Waals surface area (Å²) in [6, 6.07) is 2.05. The quantitative estimate of drug-likeness (QED) is 0.833. The Hall–Kier alpha value is -0.920. The molecule has 1 aromatic carbocycles. The fraction of sp³-hybridized carbons (Fsp3) is 0.571. The second-order valence-corrected chi connectivity index (χ2v) is 5.57. The van der Waals surface area contributed by atoms with Gasteiger partial charge >= 0.3 is 6.18 Å². The van der Waals surface area contributed by atoms with Crippen LogP contribution in [0.5, 0.6) is 0 Å². The van der Waals surface area contributed by atoms with Gasteiger partial charge in [-0.15, -0.1) is 0 Å². The Bertz CT molecular complexity index is 500. The predicted molar refractivity (Wildman–Crippen MR) is 74.3 cm³/mol. The zero-order valence-electron chi connectivity index (χ0n) is 11.6. The van der Waals surface area contributed by atoms with Gasteiger partial charge in [0.25, 0.3) is 0 Å². The van der Waals surface area contributed by atoms with Gasteiger partial charge in [-0.25, -0.2) is 8.78 Å². The van der Waals surface area contributed by atoms with Crippen molar-refractivity contribution in [2.24, 2.45) is 0 Å². The first-order valence-electron chi connectivity index (χ1n) is 6.88. The molecule has 1 saturated heterocycles. The Morgan fingerprint density at radius 2 is 1.82 bits per heavy atom. The Morgan fingerprint density at radius 1 is 1.18 bits per heavy atom. The molecule has 1 aliphatic heterocycles. The van der Waals surface area contributed by atoms with E-state index in [1.165, 1.54) is 0 Å². The molecule has 2 rings (SSSR count). The molecule has 0 spiro atoms. The van der Waals surface area contributed by atoms with Crippen LogP contribution in [0.25, 0.3) is 0 Å². The number of nitrogens with one attached hydrogen (secondary N) is 1. The Kier molecular flexibility index (Phi) is 5.63. The first-order chi connectivity index (χ1) is 10.3. The highest BCUT2D eigenvalue weighted by atomic mass is 35.5. The molecule has 0 aromatic heterocycles. The average Bonchev–Trinajstić information content (AvgIpc) is 2.45. The summed E-state index contributed by atoms with van der Waals surface area (Å²) in [5, 5.41) is 3.16. The zero-order valence-corrected chi connectivity index (χ0v) is 12.4. The summed E-state index contributed by atoms with van der Waals surface area (Å²) in [6.45, 7) is 2.19. The first kappa shape index (κ1) is 17.4. The number of hydrogen-bond acceptors (Lipinski definition) is 2. The van der Waals surface area contributed by atoms with Gasteiger partial charge in [0.15, 0.2) is 0 Å². The minimum Gasteiger partial charge on any atom is -0.314 e. The summed E-state index contributed by atoms with van der Waals surface area (Å²) in [5.41, 5.74) is -0.764. The number of alkyl halides is 5. The van der Waals surface area contributed by atoms with E-state index in [0.717, 1.165) is 18.2 Å². The smallest absolute Gasteiger partial charge is 0.314 e. The van der Waals surface area contributed by atoms with Crippen LogP contribution in [0.3, 0.4) is 0 Å². The van der Waals surface area contributed by atoms with Gasteiger partial charge in [-0.2, -0.15) is 13.2 Å². The molecular weight excluding hydrogens is 327 g/mol. The van der Waals surface area contributed by atoms with Crippen molar-refractivity contribution in [3.8, 4) is 0 Å². The fourth-order valence-electron chi connectivity index (χ4n) is 2.61. The molecule has 0 amide bonds. The molecule has 0 bridgehead atoms. The van der Waals surface area contributed by atoms with Gasteiger partial charge in [0.2, 0.25) is 6.43 Å². The molecule has 1 aromatic rings. The topological polar surface area (TPSA) is 15.3 Å². The van der Waals surface area contributed by atoms with E-state index < -0.39 is 30.6 Å². The van der Waals surface area contributed by atoms with Crippen LogP contribution in [-0.2, 0) is 6.18 Å². The fourth-order valence-corrected chi connectivity index (χ4v) is 2.85. The van der Waals surface area contributed by atoms with Gasteiger partial charge in [-0.05, 0) is 23.8 Å². The molecule has 8 heteroatoms. The summed E-state index contributed by atoms with van der Waals surface area (Å²) >= 11 is 5.99. The van der Waals surface area contributed by atoms with E-state index in [2.05, 4.69) is 5.32 Å². The molecule has 0 saturated carbocycles. The van der Waals surface area contributed by atoms with Gasteiger partial charge in [0, 0.05) is 43.7 Å². The van der Waals surface area contributed by atoms with Crippen molar-refractivity contribution < 1.29 is 22.0 Å². The summed E-state index contributed by atoms with van der Waals surface area (Å²) in [6.07, 6.45) is -7.69. The van der Waals surface area contributed by atoms with E-state index in [-0.39, 0.29) is 10.6 Å². The summed E-state index contributed by atoms with van der Waals surface area (Å²) in [4.78, 5) is 1.75. The largest absolute Gasteiger partial charge is 0.416 e. The number of hydrogen-bond donors (Lipinski definition) is 1. The molecule has 22 heavy (non-hydrogen) atoms. The third-order valence-electron chi connectivity index (χ3n) is 3.68. The second kappa shape index (κ2) is 7.10. The lowest BCUT2D eigenvalue weighted by atomic mass is 9.98. The molecule has 2 nitrogen and oxygen atoms in total. The molecule has 1 heterocycles. The lowest BCUT2D eigenvalue weighted by molar-refractivity contribution is -0.137. The Morgan fingerprint density at radius 3 is 2.36 bits per heavy atom. The van der Waals surface area contributed by atoms with Crippen LogP contribution in [0.1, 0.15) is 23.6 Å². The average molecular weight is 343 g/mol. The van der Waals surface area contributed by atoms with Crippen LogP contribution in [0.2, 0.25) is 5.02 Å². The maximum Gasteiger partial charge on any atom is 0.416 e.